The van der Waals surface area contributed by atoms with E-state index >= 15 is 0 Å². The van der Waals surface area contributed by atoms with Crippen LogP contribution in [0.3, 0.4) is 0 Å². The number of sulfonamides is 1. The van der Waals surface area contributed by atoms with Gasteiger partial charge in [-0.05, 0) is 43.5 Å². The Morgan fingerprint density at radius 3 is 2.67 bits per heavy atom. The van der Waals surface area contributed by atoms with Crippen LogP contribution in [0.1, 0.15) is 30.6 Å². The molecule has 4 heterocycles. The predicted molar refractivity (Wildman–Crippen MR) is 121 cm³/mol. The molecule has 1 aromatic heterocycles. The third kappa shape index (κ3) is 4.31. The molecule has 0 radical (unpaired) electrons. The molecule has 0 saturated carbocycles. The molecule has 1 amide bonds. The number of carbonyl (C=O) groups excluding carboxylic acids is 1. The molecule has 0 unspecified atom stereocenters. The maximum atomic E-state index is 13.7. The van der Waals surface area contributed by atoms with Crippen LogP contribution in [0.5, 0.6) is 0 Å². The summed E-state index contributed by atoms with van der Waals surface area (Å²) in [6, 6.07) is 9.82. The van der Waals surface area contributed by atoms with Gasteiger partial charge >= 0.3 is 0 Å². The third-order valence-electron chi connectivity index (χ3n) is 6.52. The van der Waals surface area contributed by atoms with Crippen molar-refractivity contribution >= 4 is 31.6 Å². The van der Waals surface area contributed by atoms with Gasteiger partial charge in [-0.15, -0.1) is 4.40 Å². The Balaban J connectivity index is 1.39. The van der Waals surface area contributed by atoms with E-state index in [0.717, 1.165) is 0 Å². The normalized spacial score (nSPS) is 25.5. The van der Waals surface area contributed by atoms with Crippen LogP contribution in [-0.2, 0) is 31.2 Å². The van der Waals surface area contributed by atoms with E-state index in [1.165, 1.54) is 6.26 Å². The van der Waals surface area contributed by atoms with Crippen LogP contribution in [0.2, 0.25) is 0 Å². The zero-order chi connectivity index (χ0) is 23.2. The maximum absolute atomic E-state index is 13.7. The Morgan fingerprint density at radius 1 is 1.12 bits per heavy atom. The van der Waals surface area contributed by atoms with Gasteiger partial charge in [-0.25, -0.2) is 8.42 Å². The Hall–Kier alpha value is -2.66. The van der Waals surface area contributed by atoms with Crippen molar-refractivity contribution in [3.63, 3.8) is 0 Å². The van der Waals surface area contributed by atoms with Gasteiger partial charge in [0, 0.05) is 24.7 Å². The Labute approximate surface area is 193 Å². The number of nitrogens with zero attached hydrogens (tertiary/aromatic N) is 3. The Kier molecular flexibility index (Phi) is 5.56. The maximum Gasteiger partial charge on any atom is 0.285 e. The summed E-state index contributed by atoms with van der Waals surface area (Å²) in [6.07, 6.45) is 3.28. The minimum atomic E-state index is -3.75. The van der Waals surface area contributed by atoms with Gasteiger partial charge in [-0.2, -0.15) is 8.42 Å². The van der Waals surface area contributed by atoms with E-state index < -0.39 is 31.8 Å². The standard InChI is InChI=1S/C22H25N3O6S2/c26-22(25(14-18-6-4-11-31-18)17-9-12-32(27,28)15-17)16-5-3-10-24(13-16)21-19-7-1-2-8-20(19)33(29,30)23-21/h1-2,4,6-8,11,16-17H,3,5,9-10,12-15H2/t16-,17-/m0/s1. The van der Waals surface area contributed by atoms with E-state index in [0.29, 0.717) is 49.5 Å². The van der Waals surface area contributed by atoms with Gasteiger partial charge in [0.15, 0.2) is 15.7 Å². The van der Waals surface area contributed by atoms with Crippen molar-refractivity contribution in [1.82, 2.24) is 9.80 Å². The van der Waals surface area contributed by atoms with Crippen LogP contribution in [0.15, 0.2) is 56.4 Å². The number of amides is 1. The molecular formula is C22H25N3O6S2. The van der Waals surface area contributed by atoms with E-state index in [1.807, 2.05) is 4.90 Å². The lowest BCUT2D eigenvalue weighted by atomic mass is 9.95. The van der Waals surface area contributed by atoms with Crippen molar-refractivity contribution in [2.75, 3.05) is 24.6 Å². The van der Waals surface area contributed by atoms with Crippen LogP contribution in [-0.4, -0.2) is 69.0 Å². The number of fused-ring (bicyclic) bond motifs is 1. The number of carbonyl (C=O) groups is 1. The Morgan fingerprint density at radius 2 is 1.94 bits per heavy atom. The third-order valence-corrected chi connectivity index (χ3v) is 9.60. The van der Waals surface area contributed by atoms with Gasteiger partial charge in [0.1, 0.15) is 10.7 Å². The largest absolute Gasteiger partial charge is 0.467 e. The lowest BCUT2D eigenvalue weighted by molar-refractivity contribution is -0.139. The van der Waals surface area contributed by atoms with Gasteiger partial charge < -0.3 is 14.2 Å². The number of hydrogen-bond donors (Lipinski definition) is 0. The first-order chi connectivity index (χ1) is 15.7. The minimum Gasteiger partial charge on any atom is -0.467 e. The fourth-order valence-electron chi connectivity index (χ4n) is 4.90. The quantitative estimate of drug-likeness (QED) is 0.638. The lowest BCUT2D eigenvalue weighted by Crippen LogP contribution is -2.49. The first-order valence-corrected chi connectivity index (χ1v) is 14.2. The highest BCUT2D eigenvalue weighted by Gasteiger charge is 2.40. The fraction of sp³-hybridized carbons (Fsp3) is 0.455. The van der Waals surface area contributed by atoms with E-state index in [2.05, 4.69) is 4.40 Å². The van der Waals surface area contributed by atoms with Crippen LogP contribution in [0.4, 0.5) is 0 Å². The second-order valence-corrected chi connectivity index (χ2v) is 12.6. The lowest BCUT2D eigenvalue weighted by Gasteiger charge is -2.37. The van der Waals surface area contributed by atoms with Crippen LogP contribution < -0.4 is 0 Å². The van der Waals surface area contributed by atoms with Crippen molar-refractivity contribution in [1.29, 1.82) is 0 Å². The average molecular weight is 492 g/mol. The Bertz CT molecular complexity index is 1300. The van der Waals surface area contributed by atoms with Crippen molar-refractivity contribution in [3.8, 4) is 0 Å². The van der Waals surface area contributed by atoms with E-state index in [9.17, 15) is 21.6 Å². The number of rotatable bonds is 4. The van der Waals surface area contributed by atoms with Crippen molar-refractivity contribution < 1.29 is 26.0 Å². The number of hydrogen-bond acceptors (Lipinski definition) is 7. The molecule has 2 aromatic rings. The van der Waals surface area contributed by atoms with Gasteiger partial charge in [-0.1, -0.05) is 12.1 Å². The second-order valence-electron chi connectivity index (χ2n) is 8.77. The van der Waals surface area contributed by atoms with E-state index in [4.69, 9.17) is 4.42 Å². The SMILES string of the molecule is O=C([C@H]1CCCN(C2=NS(=O)(=O)c3ccccc32)C1)N(Cc1ccco1)[C@H]1CCS(=O)(=O)C1. The monoisotopic (exact) mass is 491 g/mol. The van der Waals surface area contributed by atoms with Crippen molar-refractivity contribution in [2.24, 2.45) is 10.3 Å². The minimum absolute atomic E-state index is 0.0474. The van der Waals surface area contributed by atoms with Crippen LogP contribution >= 0.6 is 0 Å². The highest BCUT2D eigenvalue weighted by molar-refractivity contribution is 7.91. The number of likely N-dealkylation sites (tertiary alicyclic amines) is 1. The van der Waals surface area contributed by atoms with E-state index in [-0.39, 0.29) is 28.9 Å². The zero-order valence-corrected chi connectivity index (χ0v) is 19.6. The molecule has 3 aliphatic heterocycles. The van der Waals surface area contributed by atoms with Crippen molar-refractivity contribution in [3.05, 3.63) is 54.0 Å². The number of piperidine rings is 1. The summed E-state index contributed by atoms with van der Waals surface area (Å²) in [5.41, 5.74) is 0.555. The van der Waals surface area contributed by atoms with Crippen molar-refractivity contribution in [2.45, 2.75) is 36.7 Å². The molecule has 11 heteroatoms. The number of amidine groups is 1. The number of benzene rings is 1. The first kappa shape index (κ1) is 22.1. The zero-order valence-electron chi connectivity index (χ0n) is 18.0. The average Bonchev–Trinajstić information content (AvgIpc) is 3.50. The summed E-state index contributed by atoms with van der Waals surface area (Å²) in [7, 11) is -6.92. The molecule has 33 heavy (non-hydrogen) atoms. The smallest absolute Gasteiger partial charge is 0.285 e. The molecule has 1 aromatic carbocycles. The van der Waals surface area contributed by atoms with Gasteiger partial charge in [0.25, 0.3) is 10.0 Å². The molecule has 2 saturated heterocycles. The van der Waals surface area contributed by atoms with Gasteiger partial charge in [-0.3, -0.25) is 4.79 Å². The topological polar surface area (TPSA) is 117 Å². The summed E-state index contributed by atoms with van der Waals surface area (Å²) < 4.78 is 58.6. The summed E-state index contributed by atoms with van der Waals surface area (Å²) in [4.78, 5) is 17.3. The highest BCUT2D eigenvalue weighted by Crippen LogP contribution is 2.31. The molecule has 3 aliphatic rings. The molecule has 5 rings (SSSR count). The summed E-state index contributed by atoms with van der Waals surface area (Å²) in [6.45, 7) is 1.14. The second kappa shape index (κ2) is 8.28. The predicted octanol–water partition coefficient (Wildman–Crippen LogP) is 1.66. The summed E-state index contributed by atoms with van der Waals surface area (Å²) in [5.74, 6) is 0.475. The number of furan rings is 1. The summed E-state index contributed by atoms with van der Waals surface area (Å²) in [5, 5.41) is 0. The van der Waals surface area contributed by atoms with Gasteiger partial charge in [0.2, 0.25) is 5.91 Å². The molecule has 0 aliphatic carbocycles. The molecule has 176 valence electrons. The van der Waals surface area contributed by atoms with E-state index in [1.54, 1.807) is 41.3 Å². The molecule has 2 fully saturated rings. The molecule has 0 spiro atoms. The molecule has 0 bridgehead atoms. The highest BCUT2D eigenvalue weighted by atomic mass is 32.2. The van der Waals surface area contributed by atoms with Crippen LogP contribution in [0, 0.1) is 5.92 Å². The van der Waals surface area contributed by atoms with Crippen LogP contribution in [0.25, 0.3) is 0 Å². The molecule has 2 atom stereocenters. The molecule has 9 nitrogen and oxygen atoms in total. The molecule has 0 N–H and O–H groups in total. The number of sulfone groups is 1. The summed E-state index contributed by atoms with van der Waals surface area (Å²) >= 11 is 0. The first-order valence-electron chi connectivity index (χ1n) is 11.0. The fourth-order valence-corrected chi connectivity index (χ4v) is 7.86. The molecular weight excluding hydrogens is 466 g/mol. The van der Waals surface area contributed by atoms with Gasteiger partial charge in [0.05, 0.1) is 30.2 Å².